The van der Waals surface area contributed by atoms with Crippen LogP contribution in [0, 0.1) is 17.0 Å². The zero-order valence-electron chi connectivity index (χ0n) is 14.3. The fraction of sp³-hybridized carbons (Fsp3) is 0.118. The molecular weight excluding hydrogens is 372 g/mol. The van der Waals surface area contributed by atoms with Crippen LogP contribution in [0.4, 0.5) is 5.69 Å². The van der Waals surface area contributed by atoms with Crippen LogP contribution in [0.5, 0.6) is 0 Å². The number of amidine groups is 1. The summed E-state index contributed by atoms with van der Waals surface area (Å²) in [5, 5.41) is 17.6. The number of nitrogens with zero attached hydrogens (tertiary/aromatic N) is 2. The van der Waals surface area contributed by atoms with Crippen LogP contribution in [0.15, 0.2) is 44.8 Å². The predicted octanol–water partition coefficient (Wildman–Crippen LogP) is 2.77. The van der Waals surface area contributed by atoms with Crippen LogP contribution < -0.4 is 10.7 Å². The van der Waals surface area contributed by atoms with Gasteiger partial charge in [0, 0.05) is 30.2 Å². The summed E-state index contributed by atoms with van der Waals surface area (Å²) in [5.74, 6) is 0.152. The number of hydrazone groups is 1. The molecular formula is C17H14N4O5S. The third-order valence-corrected chi connectivity index (χ3v) is 4.54. The molecule has 0 radical (unpaired) electrons. The van der Waals surface area contributed by atoms with E-state index in [0.29, 0.717) is 27.6 Å². The Labute approximate surface area is 157 Å². The molecule has 3 rings (SSSR count). The number of nitrogens with one attached hydrogen (secondary N) is 2. The largest absolute Gasteiger partial charge is 0.457 e. The maximum absolute atomic E-state index is 12.0. The summed E-state index contributed by atoms with van der Waals surface area (Å²) >= 11 is 1.06. The number of nitro groups is 1. The Morgan fingerprint density at radius 1 is 1.37 bits per heavy atom. The van der Waals surface area contributed by atoms with Gasteiger partial charge in [-0.2, -0.15) is 0 Å². The lowest BCUT2D eigenvalue weighted by Gasteiger charge is -2.03. The first-order valence-corrected chi connectivity index (χ1v) is 8.56. The minimum Gasteiger partial charge on any atom is -0.457 e. The first kappa shape index (κ1) is 18.4. The first-order valence-electron chi connectivity index (χ1n) is 7.74. The first-order chi connectivity index (χ1) is 12.8. The minimum absolute atomic E-state index is 0.00774. The molecule has 1 aliphatic rings. The lowest BCUT2D eigenvalue weighted by molar-refractivity contribution is -0.385. The number of nitro benzene ring substituents is 1. The van der Waals surface area contributed by atoms with E-state index >= 15 is 0 Å². The molecule has 1 saturated heterocycles. The van der Waals surface area contributed by atoms with Crippen LogP contribution in [0.25, 0.3) is 17.4 Å². The van der Waals surface area contributed by atoms with Gasteiger partial charge < -0.3 is 4.42 Å². The highest BCUT2D eigenvalue weighted by atomic mass is 32.2. The number of thioether (sulfide) groups is 1. The summed E-state index contributed by atoms with van der Waals surface area (Å²) < 4.78 is 5.73. The van der Waals surface area contributed by atoms with Crippen molar-refractivity contribution in [3.8, 4) is 11.3 Å². The van der Waals surface area contributed by atoms with Crippen molar-refractivity contribution in [1.29, 1.82) is 0 Å². The second-order valence-corrected chi connectivity index (χ2v) is 6.59. The van der Waals surface area contributed by atoms with Gasteiger partial charge in [-0.25, -0.2) is 5.43 Å². The van der Waals surface area contributed by atoms with Gasteiger partial charge in [-0.15, -0.1) is 5.10 Å². The fourth-order valence-electron chi connectivity index (χ4n) is 2.40. The quantitative estimate of drug-likeness (QED) is 0.473. The Morgan fingerprint density at radius 2 is 2.15 bits per heavy atom. The highest BCUT2D eigenvalue weighted by Crippen LogP contribution is 2.32. The van der Waals surface area contributed by atoms with E-state index < -0.39 is 4.92 Å². The summed E-state index contributed by atoms with van der Waals surface area (Å²) in [4.78, 5) is 33.8. The van der Waals surface area contributed by atoms with E-state index in [1.807, 2.05) is 0 Å². The van der Waals surface area contributed by atoms with E-state index in [1.54, 1.807) is 31.2 Å². The van der Waals surface area contributed by atoms with Crippen LogP contribution >= 0.6 is 11.8 Å². The van der Waals surface area contributed by atoms with Gasteiger partial charge in [-0.05, 0) is 30.8 Å². The average Bonchev–Trinajstić information content (AvgIpc) is 3.20. The van der Waals surface area contributed by atoms with Gasteiger partial charge in [-0.1, -0.05) is 12.1 Å². The number of hydrogen-bond acceptors (Lipinski definition) is 7. The molecule has 10 heteroatoms. The van der Waals surface area contributed by atoms with Crippen molar-refractivity contribution in [3.63, 3.8) is 0 Å². The van der Waals surface area contributed by atoms with Gasteiger partial charge in [0.25, 0.3) is 11.6 Å². The molecule has 2 amide bonds. The summed E-state index contributed by atoms with van der Waals surface area (Å²) in [6.07, 6.45) is 1.53. The van der Waals surface area contributed by atoms with Crippen LogP contribution in [0.3, 0.4) is 0 Å². The lowest BCUT2D eigenvalue weighted by Crippen LogP contribution is -2.23. The van der Waals surface area contributed by atoms with Crippen molar-refractivity contribution in [1.82, 2.24) is 10.7 Å². The van der Waals surface area contributed by atoms with Gasteiger partial charge in [-0.3, -0.25) is 25.0 Å². The molecule has 0 saturated carbocycles. The van der Waals surface area contributed by atoms with Gasteiger partial charge in [0.15, 0.2) is 5.17 Å². The second kappa shape index (κ2) is 7.46. The third-order valence-electron chi connectivity index (χ3n) is 3.63. The SMILES string of the molecule is CC(=O)N/N=C1/NC(=O)C(=Cc2ccc(-c3cccc([N+](=O)[O-])c3C)o2)S1. The number of rotatable bonds is 4. The summed E-state index contributed by atoms with van der Waals surface area (Å²) in [6, 6.07) is 8.10. The zero-order valence-corrected chi connectivity index (χ0v) is 15.1. The minimum atomic E-state index is -0.444. The van der Waals surface area contributed by atoms with E-state index in [2.05, 4.69) is 15.8 Å². The van der Waals surface area contributed by atoms with Crippen LogP contribution in [-0.4, -0.2) is 21.9 Å². The monoisotopic (exact) mass is 386 g/mol. The average molecular weight is 386 g/mol. The molecule has 2 heterocycles. The van der Waals surface area contributed by atoms with Crippen LogP contribution in [0.1, 0.15) is 18.2 Å². The maximum Gasteiger partial charge on any atom is 0.273 e. The molecule has 1 fully saturated rings. The molecule has 0 unspecified atom stereocenters. The van der Waals surface area contributed by atoms with Crippen molar-refractivity contribution in [3.05, 3.63) is 56.7 Å². The van der Waals surface area contributed by atoms with E-state index in [0.717, 1.165) is 11.8 Å². The number of carbonyl (C=O) groups is 2. The van der Waals surface area contributed by atoms with Gasteiger partial charge in [0.2, 0.25) is 5.91 Å². The molecule has 0 spiro atoms. The molecule has 1 aliphatic heterocycles. The van der Waals surface area contributed by atoms with Crippen LogP contribution in [0.2, 0.25) is 0 Å². The molecule has 2 aromatic rings. The van der Waals surface area contributed by atoms with Crippen LogP contribution in [-0.2, 0) is 9.59 Å². The highest BCUT2D eigenvalue weighted by molar-refractivity contribution is 8.18. The van der Waals surface area contributed by atoms with E-state index in [-0.39, 0.29) is 22.7 Å². The van der Waals surface area contributed by atoms with Crippen molar-refractivity contribution in [2.24, 2.45) is 5.10 Å². The summed E-state index contributed by atoms with van der Waals surface area (Å²) in [7, 11) is 0. The Kier molecular flexibility index (Phi) is 5.08. The molecule has 9 nitrogen and oxygen atoms in total. The Morgan fingerprint density at radius 3 is 2.85 bits per heavy atom. The third kappa shape index (κ3) is 4.06. The van der Waals surface area contributed by atoms with Gasteiger partial charge in [0.1, 0.15) is 11.5 Å². The standard InChI is InChI=1S/C17H14N4O5S/c1-9-12(4-3-5-13(9)21(24)25)14-7-6-11(26-14)8-15-16(23)18-17(27-15)20-19-10(2)22/h3-8H,1-2H3,(H,19,22)(H,18,20,23). The predicted molar refractivity (Wildman–Crippen MR) is 100 cm³/mol. The van der Waals surface area contributed by atoms with Gasteiger partial charge in [0.05, 0.1) is 9.83 Å². The summed E-state index contributed by atoms with van der Waals surface area (Å²) in [6.45, 7) is 2.96. The molecule has 0 bridgehead atoms. The molecule has 2 N–H and O–H groups in total. The van der Waals surface area contributed by atoms with E-state index in [1.165, 1.54) is 19.1 Å². The normalized spacial score (nSPS) is 16.6. The van der Waals surface area contributed by atoms with Crippen molar-refractivity contribution in [2.45, 2.75) is 13.8 Å². The molecule has 138 valence electrons. The molecule has 0 atom stereocenters. The molecule has 1 aromatic carbocycles. The number of benzene rings is 1. The number of hydrogen-bond donors (Lipinski definition) is 2. The number of amides is 2. The topological polar surface area (TPSA) is 127 Å². The Bertz CT molecular complexity index is 1010. The summed E-state index contributed by atoms with van der Waals surface area (Å²) in [5.41, 5.74) is 3.35. The molecule has 1 aromatic heterocycles. The van der Waals surface area contributed by atoms with E-state index in [4.69, 9.17) is 4.42 Å². The zero-order chi connectivity index (χ0) is 19.6. The number of carbonyl (C=O) groups excluding carboxylic acids is 2. The van der Waals surface area contributed by atoms with Crippen molar-refractivity contribution >= 4 is 40.5 Å². The van der Waals surface area contributed by atoms with Gasteiger partial charge >= 0.3 is 0 Å². The fourth-order valence-corrected chi connectivity index (χ4v) is 3.16. The molecule has 0 aliphatic carbocycles. The molecule has 27 heavy (non-hydrogen) atoms. The van der Waals surface area contributed by atoms with Crippen molar-refractivity contribution in [2.75, 3.05) is 0 Å². The Hall–Kier alpha value is -3.40. The Balaban J connectivity index is 1.85. The smallest absolute Gasteiger partial charge is 0.273 e. The van der Waals surface area contributed by atoms with E-state index in [9.17, 15) is 19.7 Å². The second-order valence-electron chi connectivity index (χ2n) is 5.56. The number of furan rings is 1. The maximum atomic E-state index is 12.0. The van der Waals surface area contributed by atoms with Crippen molar-refractivity contribution < 1.29 is 18.9 Å². The lowest BCUT2D eigenvalue weighted by atomic mass is 10.1. The highest BCUT2D eigenvalue weighted by Gasteiger charge is 2.25.